The Morgan fingerprint density at radius 3 is 2.78 bits per heavy atom. The van der Waals surface area contributed by atoms with E-state index in [2.05, 4.69) is 20.2 Å². The molecule has 1 saturated heterocycles. The van der Waals surface area contributed by atoms with Gasteiger partial charge in [0.2, 0.25) is 5.60 Å². The molecule has 1 aliphatic heterocycles. The van der Waals surface area contributed by atoms with Gasteiger partial charge < -0.3 is 29.9 Å². The molecule has 4 rings (SSSR count). The van der Waals surface area contributed by atoms with E-state index in [1.807, 2.05) is 26.8 Å². The first-order valence-corrected chi connectivity index (χ1v) is 14.2. The number of fused-ring (bicyclic) bond motifs is 1. The Kier molecular flexibility index (Phi) is 8.65. The normalized spacial score (nSPS) is 24.9. The SMILES string of the molecule is C[C@H](NP(=O)(OC[C@H]1O[C@@](C#N)(c2ccc3c(N)ncnn23)[C@H](O)[C@@H]1O)Oc1cccnc1)C(=O)OCC(C)(C)C. The number of carbonyl (C=O) groups is 1. The summed E-state index contributed by atoms with van der Waals surface area (Å²) in [4.78, 5) is 20.4. The topological polar surface area (TPSA) is 216 Å². The van der Waals surface area contributed by atoms with Gasteiger partial charge in [-0.15, -0.1) is 0 Å². The second kappa shape index (κ2) is 11.7. The molecule has 0 bridgehead atoms. The second-order valence-electron chi connectivity index (χ2n) is 10.7. The predicted octanol–water partition coefficient (Wildman–Crippen LogP) is 1.32. The van der Waals surface area contributed by atoms with E-state index >= 15 is 0 Å². The van der Waals surface area contributed by atoms with Crippen molar-refractivity contribution in [2.75, 3.05) is 18.9 Å². The Balaban J connectivity index is 1.55. The molecule has 5 N–H and O–H groups in total. The van der Waals surface area contributed by atoms with Crippen LogP contribution in [0.15, 0.2) is 43.0 Å². The van der Waals surface area contributed by atoms with Crippen molar-refractivity contribution in [1.29, 1.82) is 5.26 Å². The first-order chi connectivity index (χ1) is 19.3. The number of pyridine rings is 1. The lowest BCUT2D eigenvalue weighted by Gasteiger charge is -2.26. The van der Waals surface area contributed by atoms with Crippen LogP contribution in [-0.4, -0.2) is 73.3 Å². The van der Waals surface area contributed by atoms with E-state index in [4.69, 9.17) is 24.3 Å². The van der Waals surface area contributed by atoms with E-state index in [1.165, 1.54) is 48.4 Å². The van der Waals surface area contributed by atoms with Crippen LogP contribution in [0, 0.1) is 16.7 Å². The van der Waals surface area contributed by atoms with Crippen molar-refractivity contribution < 1.29 is 38.1 Å². The number of anilines is 1. The minimum Gasteiger partial charge on any atom is -0.464 e. The quantitative estimate of drug-likeness (QED) is 0.194. The van der Waals surface area contributed by atoms with Gasteiger partial charge in [-0.25, -0.2) is 14.1 Å². The van der Waals surface area contributed by atoms with Crippen LogP contribution in [0.3, 0.4) is 0 Å². The summed E-state index contributed by atoms with van der Waals surface area (Å²) in [6.07, 6.45) is -0.829. The van der Waals surface area contributed by atoms with E-state index in [0.29, 0.717) is 5.52 Å². The summed E-state index contributed by atoms with van der Waals surface area (Å²) in [7, 11) is -4.36. The summed E-state index contributed by atoms with van der Waals surface area (Å²) in [5.41, 5.74) is 3.94. The van der Waals surface area contributed by atoms with Gasteiger partial charge in [0, 0.05) is 6.20 Å². The van der Waals surface area contributed by atoms with E-state index in [0.717, 1.165) is 0 Å². The molecule has 220 valence electrons. The number of aliphatic hydroxyl groups excluding tert-OH is 2. The molecule has 15 nitrogen and oxygen atoms in total. The maximum atomic E-state index is 13.8. The number of nitrogen functional groups attached to an aromatic ring is 1. The Labute approximate surface area is 235 Å². The first kappa shape index (κ1) is 30.3. The van der Waals surface area contributed by atoms with Gasteiger partial charge in [0.05, 0.1) is 25.1 Å². The van der Waals surface area contributed by atoms with E-state index in [9.17, 15) is 24.8 Å². The smallest absolute Gasteiger partial charge is 0.459 e. The van der Waals surface area contributed by atoms with Crippen LogP contribution in [0.2, 0.25) is 0 Å². The van der Waals surface area contributed by atoms with Crippen LogP contribution in [0.1, 0.15) is 33.4 Å². The minimum absolute atomic E-state index is 0.0646. The molecule has 0 radical (unpaired) electrons. The number of nitrogens with zero attached hydrogens (tertiary/aromatic N) is 5. The molecule has 3 aromatic heterocycles. The van der Waals surface area contributed by atoms with E-state index < -0.39 is 50.3 Å². The monoisotopic (exact) mass is 589 g/mol. The molecule has 3 aromatic rings. The molecule has 16 heteroatoms. The molecule has 1 unspecified atom stereocenters. The van der Waals surface area contributed by atoms with Gasteiger partial charge in [-0.1, -0.05) is 20.8 Å². The van der Waals surface area contributed by atoms with Gasteiger partial charge in [-0.3, -0.25) is 14.3 Å². The molecule has 0 amide bonds. The standard InChI is InChI=1S/C25H32N7O8P/c1-15(23(35)37-13-24(2,3)4)31-41(36,40-16-6-5-9-28-10-16)38-11-18-20(33)21(34)25(12-26,39-18)19-8-7-17-22(27)29-14-30-32(17)19/h5-10,14-15,18,20-21,33-34H,11,13H2,1-4H3,(H,31,36)(H2,27,29,30)/t15-,18+,20+,21+,25-,41?/m0/s1. The summed E-state index contributed by atoms with van der Waals surface area (Å²) in [5, 5.41) is 38.5. The largest absolute Gasteiger partial charge is 0.464 e. The van der Waals surface area contributed by atoms with Crippen LogP contribution in [0.5, 0.6) is 5.75 Å². The van der Waals surface area contributed by atoms with Gasteiger partial charge in [-0.05, 0) is 36.6 Å². The maximum absolute atomic E-state index is 13.8. The molecule has 1 fully saturated rings. The predicted molar refractivity (Wildman–Crippen MR) is 143 cm³/mol. The van der Waals surface area contributed by atoms with E-state index in [1.54, 1.807) is 6.07 Å². The molecule has 4 heterocycles. The van der Waals surface area contributed by atoms with Gasteiger partial charge >= 0.3 is 13.7 Å². The Morgan fingerprint density at radius 1 is 1.37 bits per heavy atom. The first-order valence-electron chi connectivity index (χ1n) is 12.6. The number of hydrogen-bond acceptors (Lipinski definition) is 13. The van der Waals surface area contributed by atoms with Crippen molar-refractivity contribution in [2.45, 2.75) is 57.6 Å². The fourth-order valence-corrected chi connectivity index (χ4v) is 5.54. The van der Waals surface area contributed by atoms with Crippen LogP contribution in [0.4, 0.5) is 5.82 Å². The summed E-state index contributed by atoms with van der Waals surface area (Å²) < 4.78 is 37.4. The van der Waals surface area contributed by atoms with Crippen LogP contribution in [0.25, 0.3) is 5.52 Å². The third-order valence-electron chi connectivity index (χ3n) is 6.11. The Bertz CT molecular complexity index is 1470. The molecule has 1 aliphatic rings. The van der Waals surface area contributed by atoms with Gasteiger partial charge in [0.1, 0.15) is 48.0 Å². The lowest BCUT2D eigenvalue weighted by molar-refractivity contribution is -0.148. The third kappa shape index (κ3) is 6.48. The Hall–Kier alpha value is -3.64. The number of nitrogens with two attached hydrogens (primary N) is 1. The van der Waals surface area contributed by atoms with Crippen LogP contribution >= 0.6 is 7.75 Å². The zero-order chi connectivity index (χ0) is 30.0. The van der Waals surface area contributed by atoms with Crippen molar-refractivity contribution >= 4 is 25.1 Å². The fraction of sp³-hybridized carbons (Fsp3) is 0.480. The van der Waals surface area contributed by atoms with Crippen molar-refractivity contribution in [3.63, 3.8) is 0 Å². The fourth-order valence-electron chi connectivity index (χ4n) is 4.05. The number of aliphatic hydroxyl groups is 2. The van der Waals surface area contributed by atoms with Crippen LogP contribution in [-0.2, 0) is 29.0 Å². The highest BCUT2D eigenvalue weighted by Gasteiger charge is 2.58. The average Bonchev–Trinajstić information content (AvgIpc) is 3.47. The molecule has 0 saturated carbocycles. The number of hydrogen-bond donors (Lipinski definition) is 4. The Morgan fingerprint density at radius 2 is 2.12 bits per heavy atom. The summed E-state index contributed by atoms with van der Waals surface area (Å²) >= 11 is 0. The second-order valence-corrected chi connectivity index (χ2v) is 12.4. The van der Waals surface area contributed by atoms with Gasteiger partial charge in [0.15, 0.2) is 5.82 Å². The molecule has 0 spiro atoms. The van der Waals surface area contributed by atoms with Crippen molar-refractivity contribution in [3.8, 4) is 11.8 Å². The molecular weight excluding hydrogens is 557 g/mol. The number of aromatic nitrogens is 4. The molecular formula is C25H32N7O8P. The van der Waals surface area contributed by atoms with Crippen molar-refractivity contribution in [3.05, 3.63) is 48.7 Å². The molecule has 6 atom stereocenters. The summed E-state index contributed by atoms with van der Waals surface area (Å²) in [5.74, 6) is -0.507. The minimum atomic E-state index is -4.36. The zero-order valence-corrected chi connectivity index (χ0v) is 23.8. The van der Waals surface area contributed by atoms with Crippen LogP contribution < -0.4 is 15.3 Å². The third-order valence-corrected chi connectivity index (χ3v) is 7.75. The lowest BCUT2D eigenvalue weighted by atomic mass is 9.92. The number of esters is 1. The number of nitriles is 1. The number of rotatable bonds is 10. The number of carbonyl (C=O) groups excluding carboxylic acids is 1. The zero-order valence-electron chi connectivity index (χ0n) is 22.9. The summed E-state index contributed by atoms with van der Waals surface area (Å²) in [6, 6.07) is 6.81. The molecule has 0 aromatic carbocycles. The summed E-state index contributed by atoms with van der Waals surface area (Å²) in [6.45, 7) is 6.59. The van der Waals surface area contributed by atoms with Crippen molar-refractivity contribution in [2.24, 2.45) is 5.41 Å². The van der Waals surface area contributed by atoms with Gasteiger partial charge in [0.25, 0.3) is 0 Å². The highest BCUT2D eigenvalue weighted by Crippen LogP contribution is 2.47. The maximum Gasteiger partial charge on any atom is 0.459 e. The lowest BCUT2D eigenvalue weighted by Crippen LogP contribution is -2.41. The average molecular weight is 590 g/mol. The highest BCUT2D eigenvalue weighted by molar-refractivity contribution is 7.52. The molecule has 0 aliphatic carbocycles. The highest BCUT2D eigenvalue weighted by atomic mass is 31.2. The van der Waals surface area contributed by atoms with E-state index in [-0.39, 0.29) is 29.3 Å². The number of nitrogens with one attached hydrogen (secondary N) is 1. The van der Waals surface area contributed by atoms with Crippen molar-refractivity contribution in [1.82, 2.24) is 24.7 Å². The molecule has 41 heavy (non-hydrogen) atoms. The number of ether oxygens (including phenoxy) is 2. The van der Waals surface area contributed by atoms with Gasteiger partial charge in [-0.2, -0.15) is 15.4 Å².